The Morgan fingerprint density at radius 1 is 1.10 bits per heavy atom. The van der Waals surface area contributed by atoms with E-state index in [0.29, 0.717) is 16.9 Å². The Morgan fingerprint density at radius 3 is 2.43 bits per heavy atom. The van der Waals surface area contributed by atoms with Crippen molar-refractivity contribution in [2.75, 3.05) is 16.8 Å². The first-order valence-electron chi connectivity index (χ1n) is 6.98. The summed E-state index contributed by atoms with van der Waals surface area (Å²) in [6.07, 6.45) is 0.803. The minimum Gasteiger partial charge on any atom is -0.399 e. The largest absolute Gasteiger partial charge is 0.399 e. The van der Waals surface area contributed by atoms with Crippen molar-refractivity contribution in [3.63, 3.8) is 0 Å². The first kappa shape index (κ1) is 14.9. The van der Waals surface area contributed by atoms with Crippen molar-refractivity contribution in [1.82, 2.24) is 0 Å². The molecule has 0 atom stereocenters. The van der Waals surface area contributed by atoms with Crippen LogP contribution in [-0.2, 0) is 6.42 Å². The van der Waals surface area contributed by atoms with E-state index in [4.69, 9.17) is 11.5 Å². The molecule has 0 aliphatic carbocycles. The lowest BCUT2D eigenvalue weighted by Crippen LogP contribution is -2.15. The van der Waals surface area contributed by atoms with E-state index >= 15 is 0 Å². The number of hydrogen-bond acceptors (Lipinski definition) is 3. The van der Waals surface area contributed by atoms with E-state index in [0.717, 1.165) is 28.8 Å². The van der Waals surface area contributed by atoms with Crippen molar-refractivity contribution >= 4 is 23.0 Å². The van der Waals surface area contributed by atoms with Gasteiger partial charge in [-0.3, -0.25) is 4.79 Å². The van der Waals surface area contributed by atoms with Gasteiger partial charge in [0, 0.05) is 22.6 Å². The maximum atomic E-state index is 12.4. The van der Waals surface area contributed by atoms with Gasteiger partial charge in [-0.05, 0) is 61.2 Å². The zero-order valence-corrected chi connectivity index (χ0v) is 12.7. The fraction of sp³-hybridized carbons (Fsp3) is 0.235. The predicted octanol–water partition coefficient (Wildman–Crippen LogP) is 3.28. The van der Waals surface area contributed by atoms with Crippen LogP contribution in [0.4, 0.5) is 17.1 Å². The Balaban J connectivity index is 2.33. The van der Waals surface area contributed by atoms with Crippen LogP contribution in [0.1, 0.15) is 34.0 Å². The first-order chi connectivity index (χ1) is 9.92. The topological polar surface area (TPSA) is 81.1 Å². The van der Waals surface area contributed by atoms with E-state index in [1.54, 1.807) is 12.1 Å². The van der Waals surface area contributed by atoms with Gasteiger partial charge in [-0.15, -0.1) is 0 Å². The number of carbonyl (C=O) groups excluding carboxylic acids is 1. The highest BCUT2D eigenvalue weighted by molar-refractivity contribution is 6.05. The molecular formula is C17H21N3O. The van der Waals surface area contributed by atoms with Gasteiger partial charge in [-0.2, -0.15) is 0 Å². The maximum Gasteiger partial charge on any atom is 0.255 e. The summed E-state index contributed by atoms with van der Waals surface area (Å²) in [4.78, 5) is 12.4. The summed E-state index contributed by atoms with van der Waals surface area (Å²) in [6.45, 7) is 5.89. The summed E-state index contributed by atoms with van der Waals surface area (Å²) in [5.74, 6) is -0.163. The molecule has 2 aromatic rings. The second-order valence-corrected chi connectivity index (χ2v) is 5.25. The summed E-state index contributed by atoms with van der Waals surface area (Å²) in [7, 11) is 0. The van der Waals surface area contributed by atoms with E-state index in [1.165, 1.54) is 0 Å². The van der Waals surface area contributed by atoms with Crippen LogP contribution in [0.3, 0.4) is 0 Å². The lowest BCUT2D eigenvalue weighted by molar-refractivity contribution is 0.102. The van der Waals surface area contributed by atoms with Crippen molar-refractivity contribution in [3.05, 3.63) is 52.6 Å². The monoisotopic (exact) mass is 283 g/mol. The number of carbonyl (C=O) groups is 1. The van der Waals surface area contributed by atoms with Gasteiger partial charge in [0.05, 0.1) is 0 Å². The third-order valence-corrected chi connectivity index (χ3v) is 3.60. The molecule has 0 fully saturated rings. The van der Waals surface area contributed by atoms with E-state index in [1.807, 2.05) is 39.0 Å². The molecule has 0 saturated heterocycles. The normalized spacial score (nSPS) is 10.4. The molecule has 4 nitrogen and oxygen atoms in total. The molecule has 0 unspecified atom stereocenters. The molecule has 4 heteroatoms. The average molecular weight is 283 g/mol. The highest BCUT2D eigenvalue weighted by Gasteiger charge is 2.12. The van der Waals surface area contributed by atoms with Crippen molar-refractivity contribution < 1.29 is 4.79 Å². The third-order valence-electron chi connectivity index (χ3n) is 3.60. The summed E-state index contributed by atoms with van der Waals surface area (Å²) >= 11 is 0. The first-order valence-corrected chi connectivity index (χ1v) is 6.98. The predicted molar refractivity (Wildman–Crippen MR) is 88.5 cm³/mol. The molecule has 5 N–H and O–H groups in total. The van der Waals surface area contributed by atoms with E-state index < -0.39 is 0 Å². The molecule has 0 radical (unpaired) electrons. The van der Waals surface area contributed by atoms with Crippen molar-refractivity contribution in [3.8, 4) is 0 Å². The molecule has 0 bridgehead atoms. The minimum atomic E-state index is -0.163. The molecule has 0 spiro atoms. The standard InChI is InChI=1S/C17H21N3O/c1-4-12-8-14(18)7-11(3)16(12)20-17(21)13-6-5-10(2)15(19)9-13/h5-9H,4,18-19H2,1-3H3,(H,20,21). The number of aryl methyl sites for hydroxylation is 3. The molecule has 0 saturated carbocycles. The fourth-order valence-corrected chi connectivity index (χ4v) is 2.32. The Labute approximate surface area is 125 Å². The van der Waals surface area contributed by atoms with E-state index in [9.17, 15) is 4.79 Å². The van der Waals surface area contributed by atoms with Crippen LogP contribution >= 0.6 is 0 Å². The van der Waals surface area contributed by atoms with E-state index in [-0.39, 0.29) is 5.91 Å². The Bertz CT molecular complexity index is 693. The second-order valence-electron chi connectivity index (χ2n) is 5.25. The quantitative estimate of drug-likeness (QED) is 0.756. The van der Waals surface area contributed by atoms with Crippen LogP contribution in [0.15, 0.2) is 30.3 Å². The number of nitrogens with two attached hydrogens (primary N) is 2. The van der Waals surface area contributed by atoms with Gasteiger partial charge < -0.3 is 16.8 Å². The maximum absolute atomic E-state index is 12.4. The number of nitrogen functional groups attached to an aromatic ring is 2. The molecule has 0 aliphatic rings. The summed E-state index contributed by atoms with van der Waals surface area (Å²) in [5.41, 5.74) is 17.4. The van der Waals surface area contributed by atoms with Crippen LogP contribution in [0.25, 0.3) is 0 Å². The molecule has 2 aromatic carbocycles. The molecule has 0 aliphatic heterocycles. The molecule has 0 aromatic heterocycles. The van der Waals surface area contributed by atoms with Gasteiger partial charge in [-0.1, -0.05) is 13.0 Å². The lowest BCUT2D eigenvalue weighted by Gasteiger charge is -2.14. The van der Waals surface area contributed by atoms with Crippen molar-refractivity contribution in [2.45, 2.75) is 27.2 Å². The number of anilines is 3. The molecular weight excluding hydrogens is 262 g/mol. The lowest BCUT2D eigenvalue weighted by atomic mass is 10.0. The number of nitrogens with one attached hydrogen (secondary N) is 1. The van der Waals surface area contributed by atoms with Crippen LogP contribution in [0, 0.1) is 13.8 Å². The van der Waals surface area contributed by atoms with Gasteiger partial charge in [-0.25, -0.2) is 0 Å². The van der Waals surface area contributed by atoms with Crippen molar-refractivity contribution in [2.24, 2.45) is 0 Å². The number of amides is 1. The van der Waals surface area contributed by atoms with Gasteiger partial charge in [0.2, 0.25) is 0 Å². The Hall–Kier alpha value is -2.49. The molecule has 110 valence electrons. The minimum absolute atomic E-state index is 0.163. The summed E-state index contributed by atoms with van der Waals surface area (Å²) < 4.78 is 0. The second kappa shape index (κ2) is 5.87. The van der Waals surface area contributed by atoms with E-state index in [2.05, 4.69) is 5.32 Å². The van der Waals surface area contributed by atoms with Gasteiger partial charge in [0.25, 0.3) is 5.91 Å². The summed E-state index contributed by atoms with van der Waals surface area (Å²) in [6, 6.07) is 9.08. The van der Waals surface area contributed by atoms with Crippen LogP contribution in [0.5, 0.6) is 0 Å². The number of benzene rings is 2. The highest BCUT2D eigenvalue weighted by Crippen LogP contribution is 2.25. The zero-order valence-electron chi connectivity index (χ0n) is 12.7. The molecule has 0 heterocycles. The summed E-state index contributed by atoms with van der Waals surface area (Å²) in [5, 5.41) is 2.97. The van der Waals surface area contributed by atoms with Crippen LogP contribution < -0.4 is 16.8 Å². The number of rotatable bonds is 3. The van der Waals surface area contributed by atoms with Gasteiger partial charge in [0.1, 0.15) is 0 Å². The van der Waals surface area contributed by atoms with Crippen molar-refractivity contribution in [1.29, 1.82) is 0 Å². The number of hydrogen-bond donors (Lipinski definition) is 3. The highest BCUT2D eigenvalue weighted by atomic mass is 16.1. The average Bonchev–Trinajstić information content (AvgIpc) is 2.44. The molecule has 21 heavy (non-hydrogen) atoms. The SMILES string of the molecule is CCc1cc(N)cc(C)c1NC(=O)c1ccc(C)c(N)c1. The molecule has 2 rings (SSSR count). The van der Waals surface area contributed by atoms with Gasteiger partial charge in [0.15, 0.2) is 0 Å². The fourth-order valence-electron chi connectivity index (χ4n) is 2.32. The third kappa shape index (κ3) is 3.16. The smallest absolute Gasteiger partial charge is 0.255 e. The Morgan fingerprint density at radius 2 is 1.81 bits per heavy atom. The zero-order chi connectivity index (χ0) is 15.6. The van der Waals surface area contributed by atoms with Crippen LogP contribution in [0.2, 0.25) is 0 Å². The van der Waals surface area contributed by atoms with Gasteiger partial charge >= 0.3 is 0 Å². The van der Waals surface area contributed by atoms with Crippen LogP contribution in [-0.4, -0.2) is 5.91 Å². The Kier molecular flexibility index (Phi) is 4.17. The molecule has 1 amide bonds.